The van der Waals surface area contributed by atoms with E-state index in [1.54, 1.807) is 16.4 Å². The van der Waals surface area contributed by atoms with Gasteiger partial charge in [0, 0.05) is 19.0 Å². The molecule has 1 aromatic carbocycles. The molecule has 0 heterocycles. The topological polar surface area (TPSA) is 37.4 Å². The van der Waals surface area contributed by atoms with Crippen LogP contribution in [0.5, 0.6) is 0 Å². The first-order valence-corrected chi connectivity index (χ1v) is 8.70. The van der Waals surface area contributed by atoms with Crippen molar-refractivity contribution in [1.82, 2.24) is 4.31 Å². The van der Waals surface area contributed by atoms with Crippen LogP contribution in [-0.4, -0.2) is 31.7 Å². The zero-order valence-electron chi connectivity index (χ0n) is 11.2. The zero-order valence-corrected chi connectivity index (χ0v) is 12.8. The lowest BCUT2D eigenvalue weighted by molar-refractivity contribution is 0.412. The van der Waals surface area contributed by atoms with E-state index in [0.717, 1.165) is 24.8 Å². The molecule has 0 aromatic heterocycles. The van der Waals surface area contributed by atoms with Crippen LogP contribution in [0, 0.1) is 5.92 Å². The molecular weight excluding hydrogens is 282 g/mol. The molecule has 0 atom stereocenters. The minimum atomic E-state index is -3.34. The highest BCUT2D eigenvalue weighted by atomic mass is 35.5. The second kappa shape index (κ2) is 6.25. The van der Waals surface area contributed by atoms with E-state index in [0.29, 0.717) is 29.8 Å². The molecule has 1 aromatic rings. The first kappa shape index (κ1) is 14.8. The Labute approximate surface area is 120 Å². The third-order valence-corrected chi connectivity index (χ3v) is 5.60. The molecule has 0 unspecified atom stereocenters. The molecule has 0 spiro atoms. The first-order valence-electron chi connectivity index (χ1n) is 6.73. The maximum atomic E-state index is 12.5. The Hall–Kier alpha value is -0.580. The summed E-state index contributed by atoms with van der Waals surface area (Å²) in [5.74, 6) is 1.11. The van der Waals surface area contributed by atoms with Gasteiger partial charge in [0.25, 0.3) is 0 Å². The maximum absolute atomic E-state index is 12.5. The molecule has 3 nitrogen and oxygen atoms in total. The van der Waals surface area contributed by atoms with E-state index in [1.807, 2.05) is 19.1 Å². The second-order valence-corrected chi connectivity index (χ2v) is 7.30. The minimum absolute atomic E-state index is 0.383. The Kier molecular flexibility index (Phi) is 4.87. The number of rotatable bonds is 7. The number of alkyl halides is 1. The van der Waals surface area contributed by atoms with Crippen LogP contribution in [0.4, 0.5) is 0 Å². The Morgan fingerprint density at radius 1 is 1.26 bits per heavy atom. The van der Waals surface area contributed by atoms with Crippen LogP contribution < -0.4 is 0 Å². The van der Waals surface area contributed by atoms with Gasteiger partial charge in [-0.15, -0.1) is 11.6 Å². The summed E-state index contributed by atoms with van der Waals surface area (Å²) in [6.07, 6.45) is 3.07. The van der Waals surface area contributed by atoms with Crippen molar-refractivity contribution in [3.8, 4) is 0 Å². The molecule has 0 saturated heterocycles. The van der Waals surface area contributed by atoms with Crippen LogP contribution in [-0.2, 0) is 16.4 Å². The number of halogens is 1. The summed E-state index contributed by atoms with van der Waals surface area (Å²) in [5.41, 5.74) is 1.07. The van der Waals surface area contributed by atoms with Crippen LogP contribution in [0.1, 0.15) is 25.3 Å². The third-order valence-electron chi connectivity index (χ3n) is 3.46. The fraction of sp³-hybridized carbons (Fsp3) is 0.571. The SMILES string of the molecule is CCN(CC1CC1)S(=O)(=O)c1ccc(CCCl)cc1. The summed E-state index contributed by atoms with van der Waals surface area (Å²) in [4.78, 5) is 0.383. The summed E-state index contributed by atoms with van der Waals surface area (Å²) >= 11 is 5.68. The molecule has 2 rings (SSSR count). The summed E-state index contributed by atoms with van der Waals surface area (Å²) in [6, 6.07) is 7.07. The zero-order chi connectivity index (χ0) is 13.9. The Morgan fingerprint density at radius 2 is 1.89 bits per heavy atom. The number of aryl methyl sites for hydroxylation is 1. The van der Waals surface area contributed by atoms with Gasteiger partial charge in [-0.25, -0.2) is 8.42 Å². The van der Waals surface area contributed by atoms with Crippen molar-refractivity contribution in [3.05, 3.63) is 29.8 Å². The van der Waals surface area contributed by atoms with E-state index < -0.39 is 10.0 Å². The molecule has 19 heavy (non-hydrogen) atoms. The first-order chi connectivity index (χ1) is 9.07. The number of hydrogen-bond donors (Lipinski definition) is 0. The molecule has 1 aliphatic rings. The van der Waals surface area contributed by atoms with Gasteiger partial charge in [0.05, 0.1) is 4.90 Å². The molecule has 0 bridgehead atoms. The molecule has 0 aliphatic heterocycles. The van der Waals surface area contributed by atoms with Crippen molar-refractivity contribution in [2.45, 2.75) is 31.1 Å². The van der Waals surface area contributed by atoms with E-state index in [-0.39, 0.29) is 0 Å². The van der Waals surface area contributed by atoms with Crippen molar-refractivity contribution < 1.29 is 8.42 Å². The fourth-order valence-corrected chi connectivity index (χ4v) is 3.82. The summed E-state index contributed by atoms with van der Waals surface area (Å²) in [6.45, 7) is 3.08. The van der Waals surface area contributed by atoms with E-state index in [1.165, 1.54) is 0 Å². The number of nitrogens with zero attached hydrogens (tertiary/aromatic N) is 1. The molecule has 1 fully saturated rings. The van der Waals surface area contributed by atoms with Gasteiger partial charge in [-0.05, 0) is 42.9 Å². The van der Waals surface area contributed by atoms with Gasteiger partial charge in [0.1, 0.15) is 0 Å². The highest BCUT2D eigenvalue weighted by Gasteiger charge is 2.30. The molecule has 1 saturated carbocycles. The van der Waals surface area contributed by atoms with E-state index in [4.69, 9.17) is 11.6 Å². The van der Waals surface area contributed by atoms with Gasteiger partial charge in [-0.1, -0.05) is 19.1 Å². The largest absolute Gasteiger partial charge is 0.243 e. The molecule has 106 valence electrons. The lowest BCUT2D eigenvalue weighted by Gasteiger charge is -2.20. The van der Waals surface area contributed by atoms with Crippen LogP contribution >= 0.6 is 11.6 Å². The second-order valence-electron chi connectivity index (χ2n) is 4.98. The molecule has 0 N–H and O–H groups in total. The van der Waals surface area contributed by atoms with Crippen LogP contribution in [0.2, 0.25) is 0 Å². The minimum Gasteiger partial charge on any atom is -0.207 e. The fourth-order valence-electron chi connectivity index (χ4n) is 2.07. The standard InChI is InChI=1S/C14H20ClNO2S/c1-2-16(11-13-3-4-13)19(17,18)14-7-5-12(6-8-14)9-10-15/h5-8,13H,2-4,9-11H2,1H3. The lowest BCUT2D eigenvalue weighted by Crippen LogP contribution is -2.32. The normalized spacial score (nSPS) is 15.9. The Morgan fingerprint density at radius 3 is 2.37 bits per heavy atom. The average molecular weight is 302 g/mol. The summed E-state index contributed by atoms with van der Waals surface area (Å²) in [7, 11) is -3.34. The van der Waals surface area contributed by atoms with E-state index in [9.17, 15) is 8.42 Å². The van der Waals surface area contributed by atoms with Crippen molar-refractivity contribution in [2.24, 2.45) is 5.92 Å². The van der Waals surface area contributed by atoms with Gasteiger partial charge >= 0.3 is 0 Å². The highest BCUT2D eigenvalue weighted by molar-refractivity contribution is 7.89. The van der Waals surface area contributed by atoms with Gasteiger partial charge in [-0.3, -0.25) is 0 Å². The quantitative estimate of drug-likeness (QED) is 0.726. The summed E-state index contributed by atoms with van der Waals surface area (Å²) < 4.78 is 26.6. The van der Waals surface area contributed by atoms with Crippen LogP contribution in [0.15, 0.2) is 29.2 Å². The van der Waals surface area contributed by atoms with Gasteiger partial charge < -0.3 is 0 Å². The summed E-state index contributed by atoms with van der Waals surface area (Å²) in [5, 5.41) is 0. The third kappa shape index (κ3) is 3.71. The average Bonchev–Trinajstić information content (AvgIpc) is 3.21. The molecule has 0 radical (unpaired) electrons. The van der Waals surface area contributed by atoms with Crippen molar-refractivity contribution in [3.63, 3.8) is 0 Å². The van der Waals surface area contributed by atoms with Gasteiger partial charge in [0.15, 0.2) is 0 Å². The molecular formula is C14H20ClNO2S. The molecule has 0 amide bonds. The van der Waals surface area contributed by atoms with Gasteiger partial charge in [0.2, 0.25) is 10.0 Å². The smallest absolute Gasteiger partial charge is 0.207 e. The number of sulfonamides is 1. The lowest BCUT2D eigenvalue weighted by atomic mass is 10.2. The predicted octanol–water partition coefficient (Wildman–Crippen LogP) is 2.89. The monoisotopic (exact) mass is 301 g/mol. The number of hydrogen-bond acceptors (Lipinski definition) is 2. The molecule has 5 heteroatoms. The highest BCUT2D eigenvalue weighted by Crippen LogP contribution is 2.31. The van der Waals surface area contributed by atoms with E-state index in [2.05, 4.69) is 0 Å². The Balaban J connectivity index is 2.16. The van der Waals surface area contributed by atoms with Crippen molar-refractivity contribution in [1.29, 1.82) is 0 Å². The molecule has 1 aliphatic carbocycles. The van der Waals surface area contributed by atoms with Crippen LogP contribution in [0.25, 0.3) is 0 Å². The number of benzene rings is 1. The van der Waals surface area contributed by atoms with Gasteiger partial charge in [-0.2, -0.15) is 4.31 Å². The maximum Gasteiger partial charge on any atom is 0.243 e. The Bertz CT molecular complexity index is 509. The predicted molar refractivity (Wildman–Crippen MR) is 78.0 cm³/mol. The van der Waals surface area contributed by atoms with Crippen molar-refractivity contribution in [2.75, 3.05) is 19.0 Å². The van der Waals surface area contributed by atoms with Crippen molar-refractivity contribution >= 4 is 21.6 Å². The van der Waals surface area contributed by atoms with Crippen LogP contribution in [0.3, 0.4) is 0 Å². The van der Waals surface area contributed by atoms with E-state index >= 15 is 0 Å².